The van der Waals surface area contributed by atoms with Gasteiger partial charge in [0, 0.05) is 5.39 Å². The highest BCUT2D eigenvalue weighted by Crippen LogP contribution is 2.31. The highest BCUT2D eigenvalue weighted by atomic mass is 16.5. The Morgan fingerprint density at radius 1 is 1.36 bits per heavy atom. The van der Waals surface area contributed by atoms with E-state index >= 15 is 0 Å². The number of aliphatic hydroxyl groups is 2. The van der Waals surface area contributed by atoms with Gasteiger partial charge in [-0.25, -0.2) is 0 Å². The predicted octanol–water partition coefficient (Wildman–Crippen LogP) is 2.39. The minimum atomic E-state index is -1.09. The molecule has 0 bridgehead atoms. The fourth-order valence-electron chi connectivity index (χ4n) is 2.91. The second kappa shape index (κ2) is 7.06. The smallest absolute Gasteiger partial charge is 0.256 e. The van der Waals surface area contributed by atoms with E-state index in [2.05, 4.69) is 5.32 Å². The Morgan fingerprint density at radius 2 is 2.08 bits per heavy atom. The Kier molecular flexibility index (Phi) is 5.01. The van der Waals surface area contributed by atoms with Crippen LogP contribution in [0.1, 0.15) is 42.3 Å². The molecular formula is C19H25NO5. The van der Waals surface area contributed by atoms with E-state index < -0.39 is 11.4 Å². The molecule has 3 N–H and O–H groups in total. The van der Waals surface area contributed by atoms with Crippen molar-refractivity contribution in [2.75, 3.05) is 19.8 Å². The third-order valence-corrected chi connectivity index (χ3v) is 4.89. The van der Waals surface area contributed by atoms with Gasteiger partial charge in [0.15, 0.2) is 0 Å². The van der Waals surface area contributed by atoms with Gasteiger partial charge in [-0.15, -0.1) is 0 Å². The molecule has 0 unspecified atom stereocenters. The van der Waals surface area contributed by atoms with E-state index in [1.54, 1.807) is 19.9 Å². The van der Waals surface area contributed by atoms with E-state index in [1.807, 2.05) is 12.1 Å². The Morgan fingerprint density at radius 3 is 2.68 bits per heavy atom. The van der Waals surface area contributed by atoms with Crippen molar-refractivity contribution in [1.29, 1.82) is 0 Å². The summed E-state index contributed by atoms with van der Waals surface area (Å²) in [5.41, 5.74) is -0.0867. The molecule has 0 aliphatic heterocycles. The molecule has 6 heteroatoms. The topological polar surface area (TPSA) is 91.9 Å². The number of hydrogen-bond donors (Lipinski definition) is 3. The number of hydrogen-bond acceptors (Lipinski definition) is 5. The Balaban J connectivity index is 1.85. The van der Waals surface area contributed by atoms with Crippen molar-refractivity contribution in [3.05, 3.63) is 29.5 Å². The molecule has 0 atom stereocenters. The van der Waals surface area contributed by atoms with Gasteiger partial charge in [-0.3, -0.25) is 4.79 Å². The van der Waals surface area contributed by atoms with Gasteiger partial charge in [-0.1, -0.05) is 6.42 Å². The zero-order chi connectivity index (χ0) is 18.0. The molecule has 1 aliphatic carbocycles. The maximum absolute atomic E-state index is 12.7. The van der Waals surface area contributed by atoms with Gasteiger partial charge in [0.05, 0.1) is 30.9 Å². The Bertz CT molecular complexity index is 759. The van der Waals surface area contributed by atoms with Gasteiger partial charge in [0.2, 0.25) is 0 Å². The van der Waals surface area contributed by atoms with Crippen LogP contribution in [0.5, 0.6) is 5.75 Å². The molecule has 25 heavy (non-hydrogen) atoms. The minimum absolute atomic E-state index is 0.361. The number of aryl methyl sites for hydroxylation is 1. The molecule has 6 nitrogen and oxygen atoms in total. The molecule has 1 saturated carbocycles. The summed E-state index contributed by atoms with van der Waals surface area (Å²) in [7, 11) is 0. The number of furan rings is 1. The quantitative estimate of drug-likeness (QED) is 0.715. The number of fused-ring (bicyclic) bond motifs is 1. The van der Waals surface area contributed by atoms with Crippen LogP contribution in [0, 0.1) is 12.8 Å². The third-order valence-electron chi connectivity index (χ3n) is 4.89. The first kappa shape index (κ1) is 17.8. The fourth-order valence-corrected chi connectivity index (χ4v) is 2.91. The Labute approximate surface area is 146 Å². The molecule has 0 radical (unpaired) electrons. The summed E-state index contributed by atoms with van der Waals surface area (Å²) in [6, 6.07) is 5.46. The molecule has 1 heterocycles. The van der Waals surface area contributed by atoms with E-state index in [9.17, 15) is 15.0 Å². The van der Waals surface area contributed by atoms with Crippen molar-refractivity contribution < 1.29 is 24.2 Å². The van der Waals surface area contributed by atoms with Crippen LogP contribution in [0.2, 0.25) is 0 Å². The molecular weight excluding hydrogens is 322 g/mol. The predicted molar refractivity (Wildman–Crippen MR) is 93.8 cm³/mol. The van der Waals surface area contributed by atoms with Crippen molar-refractivity contribution in [2.45, 2.75) is 38.6 Å². The third kappa shape index (κ3) is 3.65. The first-order chi connectivity index (χ1) is 12.0. The number of benzene rings is 1. The number of rotatable bonds is 7. The summed E-state index contributed by atoms with van der Waals surface area (Å²) in [6.45, 7) is 3.27. The monoisotopic (exact) mass is 347 g/mol. The highest BCUT2D eigenvalue weighted by molar-refractivity contribution is 6.07. The molecule has 1 fully saturated rings. The largest absolute Gasteiger partial charge is 0.493 e. The number of nitrogens with one attached hydrogen (secondary N) is 1. The standard InChI is InChI=1S/C19H25NO5/c1-12-17(18(23)20-19(2,10-21)11-22)15-8-14(6-7-16(15)25-12)24-9-13-4-3-5-13/h6-8,13,21-22H,3-5,9-11H2,1-2H3,(H,20,23). The zero-order valence-corrected chi connectivity index (χ0v) is 14.7. The number of carbonyl (C=O) groups is 1. The van der Waals surface area contributed by atoms with Gasteiger partial charge in [0.25, 0.3) is 5.91 Å². The highest BCUT2D eigenvalue weighted by Gasteiger charge is 2.28. The molecule has 136 valence electrons. The van der Waals surface area contributed by atoms with Crippen LogP contribution in [0.4, 0.5) is 0 Å². The summed E-state index contributed by atoms with van der Waals surface area (Å²) < 4.78 is 11.5. The van der Waals surface area contributed by atoms with Crippen molar-refractivity contribution in [3.63, 3.8) is 0 Å². The van der Waals surface area contributed by atoms with Crippen LogP contribution < -0.4 is 10.1 Å². The van der Waals surface area contributed by atoms with E-state index in [0.717, 1.165) is 0 Å². The molecule has 2 aromatic rings. The van der Waals surface area contributed by atoms with Gasteiger partial charge in [-0.05, 0) is 50.8 Å². The molecule has 0 spiro atoms. The molecule has 0 saturated heterocycles. The first-order valence-electron chi connectivity index (χ1n) is 8.66. The number of ether oxygens (including phenoxy) is 1. The fraction of sp³-hybridized carbons (Fsp3) is 0.526. The number of amides is 1. The van der Waals surface area contributed by atoms with E-state index in [4.69, 9.17) is 9.15 Å². The van der Waals surface area contributed by atoms with Crippen molar-refractivity contribution in [1.82, 2.24) is 5.32 Å². The lowest BCUT2D eigenvalue weighted by Crippen LogP contribution is -2.51. The Hall–Kier alpha value is -2.05. The van der Waals surface area contributed by atoms with Crippen molar-refractivity contribution in [2.24, 2.45) is 5.92 Å². The van der Waals surface area contributed by atoms with Crippen LogP contribution >= 0.6 is 0 Å². The number of carbonyl (C=O) groups excluding carboxylic acids is 1. The maximum atomic E-state index is 12.7. The minimum Gasteiger partial charge on any atom is -0.493 e. The van der Waals surface area contributed by atoms with Crippen LogP contribution in [-0.4, -0.2) is 41.5 Å². The molecule has 1 aromatic carbocycles. The van der Waals surface area contributed by atoms with Gasteiger partial charge >= 0.3 is 0 Å². The molecule has 3 rings (SSSR count). The summed E-state index contributed by atoms with van der Waals surface area (Å²) in [4.78, 5) is 12.7. The second-order valence-electron chi connectivity index (χ2n) is 7.13. The SMILES string of the molecule is Cc1oc2ccc(OCC3CCC3)cc2c1C(=O)NC(C)(CO)CO. The maximum Gasteiger partial charge on any atom is 0.256 e. The van der Waals surface area contributed by atoms with E-state index in [1.165, 1.54) is 19.3 Å². The van der Waals surface area contributed by atoms with E-state index in [-0.39, 0.29) is 13.2 Å². The van der Waals surface area contributed by atoms with Crippen molar-refractivity contribution >= 4 is 16.9 Å². The van der Waals surface area contributed by atoms with E-state index in [0.29, 0.717) is 40.6 Å². The summed E-state index contributed by atoms with van der Waals surface area (Å²) in [5.74, 6) is 1.43. The molecule has 1 amide bonds. The number of aliphatic hydroxyl groups excluding tert-OH is 2. The van der Waals surface area contributed by atoms with Gasteiger partial charge < -0.3 is 24.7 Å². The zero-order valence-electron chi connectivity index (χ0n) is 14.7. The molecule has 1 aliphatic rings. The van der Waals surface area contributed by atoms with Crippen LogP contribution in [0.25, 0.3) is 11.0 Å². The summed E-state index contributed by atoms with van der Waals surface area (Å²) in [6.07, 6.45) is 3.69. The normalized spacial score (nSPS) is 15.2. The van der Waals surface area contributed by atoms with Gasteiger partial charge in [0.1, 0.15) is 17.1 Å². The average molecular weight is 347 g/mol. The van der Waals surface area contributed by atoms with Crippen LogP contribution in [0.3, 0.4) is 0 Å². The second-order valence-corrected chi connectivity index (χ2v) is 7.13. The lowest BCUT2D eigenvalue weighted by Gasteiger charge is -2.26. The lowest BCUT2D eigenvalue weighted by atomic mass is 9.86. The van der Waals surface area contributed by atoms with Crippen molar-refractivity contribution in [3.8, 4) is 5.75 Å². The summed E-state index contributed by atoms with van der Waals surface area (Å²) in [5, 5.41) is 22.1. The lowest BCUT2D eigenvalue weighted by molar-refractivity contribution is 0.0723. The summed E-state index contributed by atoms with van der Waals surface area (Å²) >= 11 is 0. The first-order valence-corrected chi connectivity index (χ1v) is 8.66. The van der Waals surface area contributed by atoms with Gasteiger partial charge in [-0.2, -0.15) is 0 Å². The average Bonchev–Trinajstić information content (AvgIpc) is 2.88. The van der Waals surface area contributed by atoms with Crippen LogP contribution in [-0.2, 0) is 0 Å². The van der Waals surface area contributed by atoms with Crippen LogP contribution in [0.15, 0.2) is 22.6 Å². The molecule has 1 aromatic heterocycles.